The Kier molecular flexibility index (Phi) is 7.41. The summed E-state index contributed by atoms with van der Waals surface area (Å²) in [4.78, 5) is 31.1. The van der Waals surface area contributed by atoms with Crippen molar-refractivity contribution in [3.8, 4) is 28.8 Å². The molecule has 0 radical (unpaired) electrons. The molecular formula is C28H25N3O5S. The van der Waals surface area contributed by atoms with E-state index in [0.717, 1.165) is 16.9 Å². The molecule has 1 amide bonds. The molecule has 2 aromatic carbocycles. The summed E-state index contributed by atoms with van der Waals surface area (Å²) in [7, 11) is 3.11. The number of hydrogen-bond donors (Lipinski definition) is 1. The molecule has 0 spiro atoms. The number of benzene rings is 2. The number of methoxy groups -OCH3 is 2. The molecule has 188 valence electrons. The zero-order valence-corrected chi connectivity index (χ0v) is 21.9. The highest BCUT2D eigenvalue weighted by atomic mass is 32.1. The SMILES string of the molecule is COc1ccc(-c2cc(C(=O)Nc3sc(C(=O)OC(C)C)c(C)c3C#N)c3ccccc3n2)cc1OC. The Morgan fingerprint density at radius 1 is 1.05 bits per heavy atom. The summed E-state index contributed by atoms with van der Waals surface area (Å²) in [6, 6.07) is 16.5. The average molecular weight is 516 g/mol. The van der Waals surface area contributed by atoms with Crippen LogP contribution in [0.4, 0.5) is 5.00 Å². The van der Waals surface area contributed by atoms with Crippen LogP contribution in [-0.2, 0) is 4.74 Å². The molecule has 8 nitrogen and oxygen atoms in total. The van der Waals surface area contributed by atoms with Crippen LogP contribution in [0.15, 0.2) is 48.5 Å². The summed E-state index contributed by atoms with van der Waals surface area (Å²) in [5.74, 6) is 0.157. The molecule has 4 aromatic rings. The zero-order valence-electron chi connectivity index (χ0n) is 21.0. The fourth-order valence-corrected chi connectivity index (χ4v) is 4.91. The molecule has 37 heavy (non-hydrogen) atoms. The van der Waals surface area contributed by atoms with Crippen LogP contribution in [0.25, 0.3) is 22.2 Å². The van der Waals surface area contributed by atoms with Crippen LogP contribution in [-0.4, -0.2) is 37.2 Å². The molecule has 1 N–H and O–H groups in total. The zero-order chi connectivity index (χ0) is 26.7. The van der Waals surface area contributed by atoms with Gasteiger partial charge in [0.25, 0.3) is 5.91 Å². The lowest BCUT2D eigenvalue weighted by molar-refractivity contribution is 0.0383. The van der Waals surface area contributed by atoms with Gasteiger partial charge in [0, 0.05) is 10.9 Å². The number of esters is 1. The van der Waals surface area contributed by atoms with Gasteiger partial charge in [0.05, 0.1) is 42.7 Å². The van der Waals surface area contributed by atoms with Gasteiger partial charge in [-0.15, -0.1) is 11.3 Å². The minimum atomic E-state index is -0.528. The summed E-state index contributed by atoms with van der Waals surface area (Å²) in [6.07, 6.45) is -0.309. The normalized spacial score (nSPS) is 10.7. The number of carbonyl (C=O) groups excluding carboxylic acids is 2. The van der Waals surface area contributed by atoms with Gasteiger partial charge in [-0.3, -0.25) is 4.79 Å². The van der Waals surface area contributed by atoms with Gasteiger partial charge >= 0.3 is 5.97 Å². The van der Waals surface area contributed by atoms with Gasteiger partial charge in [-0.1, -0.05) is 18.2 Å². The molecule has 0 aliphatic carbocycles. The van der Waals surface area contributed by atoms with E-state index < -0.39 is 11.9 Å². The number of para-hydroxylation sites is 1. The number of aromatic nitrogens is 1. The quantitative estimate of drug-likeness (QED) is 0.302. The van der Waals surface area contributed by atoms with Gasteiger partial charge in [-0.25, -0.2) is 9.78 Å². The number of fused-ring (bicyclic) bond motifs is 1. The first-order valence-corrected chi connectivity index (χ1v) is 12.3. The van der Waals surface area contributed by atoms with E-state index in [1.54, 1.807) is 53.2 Å². The first-order valence-electron chi connectivity index (χ1n) is 11.4. The van der Waals surface area contributed by atoms with Crippen LogP contribution < -0.4 is 14.8 Å². The Balaban J connectivity index is 1.78. The van der Waals surface area contributed by atoms with Crippen LogP contribution in [0.1, 0.15) is 45.0 Å². The van der Waals surface area contributed by atoms with Crippen molar-refractivity contribution in [3.05, 3.63) is 70.1 Å². The molecule has 0 bridgehead atoms. The maximum absolute atomic E-state index is 13.6. The number of pyridine rings is 1. The maximum Gasteiger partial charge on any atom is 0.348 e. The van der Waals surface area contributed by atoms with Crippen LogP contribution >= 0.6 is 11.3 Å². The first-order chi connectivity index (χ1) is 17.8. The number of thiophene rings is 1. The number of anilines is 1. The third kappa shape index (κ3) is 5.10. The van der Waals surface area contributed by atoms with Gasteiger partial charge in [0.2, 0.25) is 0 Å². The molecular weight excluding hydrogens is 490 g/mol. The minimum absolute atomic E-state index is 0.229. The van der Waals surface area contributed by atoms with E-state index in [2.05, 4.69) is 11.4 Å². The second-order valence-corrected chi connectivity index (χ2v) is 9.44. The predicted octanol–water partition coefficient (Wildman–Crippen LogP) is 5.98. The van der Waals surface area contributed by atoms with Crippen molar-refractivity contribution < 1.29 is 23.8 Å². The van der Waals surface area contributed by atoms with E-state index in [1.807, 2.05) is 30.3 Å². The summed E-state index contributed by atoms with van der Waals surface area (Å²) in [5.41, 5.74) is 3.00. The van der Waals surface area contributed by atoms with E-state index >= 15 is 0 Å². The number of rotatable bonds is 7. The Hall–Kier alpha value is -4.42. The van der Waals surface area contributed by atoms with Crippen LogP contribution in [0.5, 0.6) is 11.5 Å². The number of amides is 1. The summed E-state index contributed by atoms with van der Waals surface area (Å²) in [5, 5.41) is 13.5. The molecule has 9 heteroatoms. The van der Waals surface area contributed by atoms with Gasteiger partial charge in [-0.2, -0.15) is 5.26 Å². The topological polar surface area (TPSA) is 111 Å². The van der Waals surface area contributed by atoms with Crippen LogP contribution in [0, 0.1) is 18.3 Å². The lowest BCUT2D eigenvalue weighted by Crippen LogP contribution is -2.13. The Labute approximate surface area is 218 Å². The number of hydrogen-bond acceptors (Lipinski definition) is 8. The van der Waals surface area contributed by atoms with E-state index in [1.165, 1.54) is 0 Å². The minimum Gasteiger partial charge on any atom is -0.493 e. The number of nitriles is 1. The molecule has 0 atom stereocenters. The standard InChI is InChI=1S/C28H25N3O5S/c1-15(2)36-28(33)25-16(3)20(14-29)27(37-25)31-26(32)19-13-22(30-21-9-7-6-8-18(19)21)17-10-11-23(34-4)24(12-17)35-5/h6-13,15H,1-5H3,(H,31,32). The van der Waals surface area contributed by atoms with Crippen molar-refractivity contribution in [2.45, 2.75) is 26.9 Å². The van der Waals surface area contributed by atoms with Crippen molar-refractivity contribution in [2.75, 3.05) is 19.5 Å². The monoisotopic (exact) mass is 515 g/mol. The fourth-order valence-electron chi connectivity index (χ4n) is 3.88. The second kappa shape index (κ2) is 10.7. The van der Waals surface area contributed by atoms with Crippen LogP contribution in [0.2, 0.25) is 0 Å². The molecule has 0 saturated heterocycles. The summed E-state index contributed by atoms with van der Waals surface area (Å²) in [6.45, 7) is 5.16. The predicted molar refractivity (Wildman–Crippen MR) is 143 cm³/mol. The molecule has 0 fully saturated rings. The lowest BCUT2D eigenvalue weighted by Gasteiger charge is -2.12. The number of carbonyl (C=O) groups is 2. The van der Waals surface area contributed by atoms with Crippen molar-refractivity contribution >= 4 is 39.1 Å². The van der Waals surface area contributed by atoms with Gasteiger partial charge < -0.3 is 19.5 Å². The van der Waals surface area contributed by atoms with E-state index in [-0.39, 0.29) is 21.5 Å². The highest BCUT2D eigenvalue weighted by molar-refractivity contribution is 7.18. The van der Waals surface area contributed by atoms with Crippen LogP contribution in [0.3, 0.4) is 0 Å². The van der Waals surface area contributed by atoms with E-state index in [4.69, 9.17) is 19.2 Å². The molecule has 2 heterocycles. The van der Waals surface area contributed by atoms with E-state index in [9.17, 15) is 14.9 Å². The molecule has 2 aromatic heterocycles. The highest BCUT2D eigenvalue weighted by Crippen LogP contribution is 2.35. The van der Waals surface area contributed by atoms with E-state index in [0.29, 0.717) is 39.2 Å². The molecule has 0 aliphatic heterocycles. The second-order valence-electron chi connectivity index (χ2n) is 8.42. The summed E-state index contributed by atoms with van der Waals surface area (Å²) < 4.78 is 16.1. The van der Waals surface area contributed by atoms with Gasteiger partial charge in [-0.05, 0) is 56.7 Å². The molecule has 0 unspecified atom stereocenters. The number of ether oxygens (including phenoxy) is 3. The Morgan fingerprint density at radius 3 is 2.46 bits per heavy atom. The smallest absolute Gasteiger partial charge is 0.348 e. The van der Waals surface area contributed by atoms with Gasteiger partial charge in [0.1, 0.15) is 15.9 Å². The Bertz CT molecular complexity index is 1550. The fraction of sp³-hybridized carbons (Fsp3) is 0.214. The maximum atomic E-state index is 13.6. The Morgan fingerprint density at radius 2 is 1.78 bits per heavy atom. The summed E-state index contributed by atoms with van der Waals surface area (Å²) >= 11 is 1.02. The largest absolute Gasteiger partial charge is 0.493 e. The first kappa shape index (κ1) is 25.7. The third-order valence-corrected chi connectivity index (χ3v) is 6.84. The average Bonchev–Trinajstić information content (AvgIpc) is 3.21. The number of nitrogens with zero attached hydrogens (tertiary/aromatic N) is 2. The number of nitrogens with one attached hydrogen (secondary N) is 1. The van der Waals surface area contributed by atoms with Crippen molar-refractivity contribution in [3.63, 3.8) is 0 Å². The van der Waals surface area contributed by atoms with Gasteiger partial charge in [0.15, 0.2) is 11.5 Å². The van der Waals surface area contributed by atoms with Crippen molar-refractivity contribution in [1.82, 2.24) is 4.98 Å². The highest BCUT2D eigenvalue weighted by Gasteiger charge is 2.24. The molecule has 4 rings (SSSR count). The molecule has 0 aliphatic rings. The lowest BCUT2D eigenvalue weighted by atomic mass is 10.0. The molecule has 0 saturated carbocycles. The third-order valence-electron chi connectivity index (χ3n) is 5.65. The van der Waals surface area contributed by atoms with Crippen molar-refractivity contribution in [1.29, 1.82) is 5.26 Å². The van der Waals surface area contributed by atoms with Crippen molar-refractivity contribution in [2.24, 2.45) is 0 Å².